The van der Waals surface area contributed by atoms with Crippen LogP contribution in [0.25, 0.3) is 0 Å². The molecule has 1 aliphatic rings. The van der Waals surface area contributed by atoms with E-state index in [-0.39, 0.29) is 12.4 Å². The standard InChI is InChI=1S/C12H13BrO3/c1-15-12(14)6-8-2-3-9(13)7-11(8)16-10-4-5-10/h2-3,7,10H,4-6H2,1H3. The zero-order valence-electron chi connectivity index (χ0n) is 9.03. The summed E-state index contributed by atoms with van der Waals surface area (Å²) >= 11 is 3.39. The number of halogens is 1. The largest absolute Gasteiger partial charge is 0.490 e. The molecule has 0 bridgehead atoms. The molecule has 1 aromatic carbocycles. The molecule has 0 aliphatic heterocycles. The number of benzene rings is 1. The van der Waals surface area contributed by atoms with Crippen LogP contribution in [0.1, 0.15) is 18.4 Å². The van der Waals surface area contributed by atoms with E-state index in [2.05, 4.69) is 20.7 Å². The Morgan fingerprint density at radius 1 is 1.50 bits per heavy atom. The molecule has 1 fully saturated rings. The summed E-state index contributed by atoms with van der Waals surface area (Å²) < 4.78 is 11.4. The van der Waals surface area contributed by atoms with Crippen LogP contribution in [0.4, 0.5) is 0 Å². The van der Waals surface area contributed by atoms with Crippen LogP contribution < -0.4 is 4.74 Å². The third kappa shape index (κ3) is 2.98. The van der Waals surface area contributed by atoms with Gasteiger partial charge in [-0.1, -0.05) is 22.0 Å². The molecule has 0 amide bonds. The van der Waals surface area contributed by atoms with E-state index in [1.807, 2.05) is 18.2 Å². The Morgan fingerprint density at radius 2 is 2.25 bits per heavy atom. The summed E-state index contributed by atoms with van der Waals surface area (Å²) in [5, 5.41) is 0. The monoisotopic (exact) mass is 284 g/mol. The molecule has 0 unspecified atom stereocenters. The van der Waals surface area contributed by atoms with Crippen molar-refractivity contribution in [2.24, 2.45) is 0 Å². The third-order valence-corrected chi connectivity index (χ3v) is 2.90. The van der Waals surface area contributed by atoms with E-state index in [4.69, 9.17) is 4.74 Å². The van der Waals surface area contributed by atoms with Crippen molar-refractivity contribution in [3.63, 3.8) is 0 Å². The maximum absolute atomic E-state index is 11.2. The molecule has 0 heterocycles. The Balaban J connectivity index is 2.16. The summed E-state index contributed by atoms with van der Waals surface area (Å²) in [4.78, 5) is 11.2. The number of rotatable bonds is 4. The van der Waals surface area contributed by atoms with Crippen molar-refractivity contribution in [3.05, 3.63) is 28.2 Å². The minimum Gasteiger partial charge on any atom is -0.490 e. The van der Waals surface area contributed by atoms with Crippen LogP contribution in [0.3, 0.4) is 0 Å². The van der Waals surface area contributed by atoms with Crippen LogP contribution in [0, 0.1) is 0 Å². The Kier molecular flexibility index (Phi) is 3.49. The molecule has 4 heteroatoms. The second-order valence-corrected chi connectivity index (χ2v) is 4.74. The van der Waals surface area contributed by atoms with Crippen molar-refractivity contribution >= 4 is 21.9 Å². The topological polar surface area (TPSA) is 35.5 Å². The molecule has 0 atom stereocenters. The lowest BCUT2D eigenvalue weighted by Crippen LogP contribution is -2.07. The SMILES string of the molecule is COC(=O)Cc1ccc(Br)cc1OC1CC1. The molecule has 0 saturated heterocycles. The Morgan fingerprint density at radius 3 is 2.88 bits per heavy atom. The lowest BCUT2D eigenvalue weighted by molar-refractivity contribution is -0.139. The maximum atomic E-state index is 11.2. The number of hydrogen-bond acceptors (Lipinski definition) is 3. The second kappa shape index (κ2) is 4.87. The number of hydrogen-bond donors (Lipinski definition) is 0. The van der Waals surface area contributed by atoms with E-state index in [1.165, 1.54) is 7.11 Å². The predicted octanol–water partition coefficient (Wildman–Crippen LogP) is 2.71. The van der Waals surface area contributed by atoms with Gasteiger partial charge in [-0.25, -0.2) is 0 Å². The van der Waals surface area contributed by atoms with Crippen molar-refractivity contribution in [1.82, 2.24) is 0 Å². The van der Waals surface area contributed by atoms with Crippen LogP contribution in [-0.2, 0) is 16.0 Å². The molecule has 16 heavy (non-hydrogen) atoms. The predicted molar refractivity (Wildman–Crippen MR) is 63.5 cm³/mol. The highest BCUT2D eigenvalue weighted by atomic mass is 79.9. The van der Waals surface area contributed by atoms with Gasteiger partial charge in [0, 0.05) is 10.0 Å². The van der Waals surface area contributed by atoms with Crippen LogP contribution >= 0.6 is 15.9 Å². The zero-order valence-corrected chi connectivity index (χ0v) is 10.6. The number of carbonyl (C=O) groups excluding carboxylic acids is 1. The molecule has 0 radical (unpaired) electrons. The fourth-order valence-corrected chi connectivity index (χ4v) is 1.72. The van der Waals surface area contributed by atoms with E-state index in [9.17, 15) is 4.79 Å². The highest BCUT2D eigenvalue weighted by molar-refractivity contribution is 9.10. The first-order valence-electron chi connectivity index (χ1n) is 5.21. The molecule has 3 nitrogen and oxygen atoms in total. The molecular formula is C12H13BrO3. The van der Waals surface area contributed by atoms with Crippen molar-refractivity contribution in [1.29, 1.82) is 0 Å². The molecule has 86 valence electrons. The van der Waals surface area contributed by atoms with E-state index in [1.54, 1.807) is 0 Å². The highest BCUT2D eigenvalue weighted by Gasteiger charge is 2.25. The molecule has 0 aromatic heterocycles. The Labute approximate surface area is 103 Å². The van der Waals surface area contributed by atoms with E-state index < -0.39 is 0 Å². The van der Waals surface area contributed by atoms with Gasteiger partial charge in [0.1, 0.15) is 5.75 Å². The van der Waals surface area contributed by atoms with Gasteiger partial charge in [0.25, 0.3) is 0 Å². The van der Waals surface area contributed by atoms with Crippen LogP contribution in [0.5, 0.6) is 5.75 Å². The minimum atomic E-state index is -0.247. The number of carbonyl (C=O) groups is 1. The van der Waals surface area contributed by atoms with Gasteiger partial charge in [0.05, 0.1) is 19.6 Å². The van der Waals surface area contributed by atoms with Gasteiger partial charge < -0.3 is 9.47 Å². The summed E-state index contributed by atoms with van der Waals surface area (Å²) in [5.41, 5.74) is 0.877. The normalized spacial score (nSPS) is 14.6. The third-order valence-electron chi connectivity index (χ3n) is 2.41. The first-order valence-corrected chi connectivity index (χ1v) is 6.00. The van der Waals surface area contributed by atoms with Crippen molar-refractivity contribution in [2.45, 2.75) is 25.4 Å². The average molecular weight is 285 g/mol. The van der Waals surface area contributed by atoms with Gasteiger partial charge >= 0.3 is 5.97 Å². The van der Waals surface area contributed by atoms with Crippen molar-refractivity contribution < 1.29 is 14.3 Å². The summed E-state index contributed by atoms with van der Waals surface area (Å²) in [7, 11) is 1.39. The summed E-state index contributed by atoms with van der Waals surface area (Å²) in [6.45, 7) is 0. The second-order valence-electron chi connectivity index (χ2n) is 3.82. The summed E-state index contributed by atoms with van der Waals surface area (Å²) in [6.07, 6.45) is 2.78. The maximum Gasteiger partial charge on any atom is 0.310 e. The fraction of sp³-hybridized carbons (Fsp3) is 0.417. The smallest absolute Gasteiger partial charge is 0.310 e. The molecule has 1 saturated carbocycles. The minimum absolute atomic E-state index is 0.247. The molecular weight excluding hydrogens is 272 g/mol. The lowest BCUT2D eigenvalue weighted by atomic mass is 10.1. The molecule has 0 spiro atoms. The molecule has 1 aliphatic carbocycles. The quantitative estimate of drug-likeness (QED) is 0.798. The molecule has 2 rings (SSSR count). The number of methoxy groups -OCH3 is 1. The van der Waals surface area contributed by atoms with Gasteiger partial charge in [-0.2, -0.15) is 0 Å². The average Bonchev–Trinajstić information content (AvgIpc) is 3.06. The first-order chi connectivity index (χ1) is 7.69. The summed E-state index contributed by atoms with van der Waals surface area (Å²) in [6, 6.07) is 5.69. The van der Waals surface area contributed by atoms with Gasteiger partial charge in [0.2, 0.25) is 0 Å². The zero-order chi connectivity index (χ0) is 11.5. The van der Waals surface area contributed by atoms with E-state index >= 15 is 0 Å². The lowest BCUT2D eigenvalue weighted by Gasteiger charge is -2.10. The number of esters is 1. The first kappa shape index (κ1) is 11.5. The van der Waals surface area contributed by atoms with Crippen LogP contribution in [-0.4, -0.2) is 19.2 Å². The Hall–Kier alpha value is -1.03. The van der Waals surface area contributed by atoms with Crippen LogP contribution in [0.2, 0.25) is 0 Å². The van der Waals surface area contributed by atoms with E-state index in [0.29, 0.717) is 6.10 Å². The van der Waals surface area contributed by atoms with Crippen molar-refractivity contribution in [2.75, 3.05) is 7.11 Å². The Bertz CT molecular complexity index is 399. The van der Waals surface area contributed by atoms with Gasteiger partial charge in [-0.05, 0) is 25.0 Å². The van der Waals surface area contributed by atoms with Gasteiger partial charge in [0.15, 0.2) is 0 Å². The summed E-state index contributed by atoms with van der Waals surface area (Å²) in [5.74, 6) is 0.533. The van der Waals surface area contributed by atoms with Crippen molar-refractivity contribution in [3.8, 4) is 5.75 Å². The molecule has 1 aromatic rings. The van der Waals surface area contributed by atoms with Gasteiger partial charge in [-0.15, -0.1) is 0 Å². The van der Waals surface area contributed by atoms with E-state index in [0.717, 1.165) is 28.6 Å². The highest BCUT2D eigenvalue weighted by Crippen LogP contribution is 2.31. The fourth-order valence-electron chi connectivity index (χ4n) is 1.38. The van der Waals surface area contributed by atoms with Gasteiger partial charge in [-0.3, -0.25) is 4.79 Å². The van der Waals surface area contributed by atoms with Crippen LogP contribution in [0.15, 0.2) is 22.7 Å². The number of ether oxygens (including phenoxy) is 2. The molecule has 0 N–H and O–H groups in total.